The van der Waals surface area contributed by atoms with Crippen molar-refractivity contribution in [2.24, 2.45) is 0 Å². The van der Waals surface area contributed by atoms with E-state index in [1.807, 2.05) is 0 Å². The number of ketones is 1. The van der Waals surface area contributed by atoms with Crippen LogP contribution in [0.1, 0.15) is 19.8 Å². The van der Waals surface area contributed by atoms with Gasteiger partial charge in [-0.2, -0.15) is 0 Å². The summed E-state index contributed by atoms with van der Waals surface area (Å²) in [6, 6.07) is 7.91. The second-order valence-electron chi connectivity index (χ2n) is 4.52. The Morgan fingerprint density at radius 2 is 2.05 bits per heavy atom. The molecule has 0 bridgehead atoms. The smallest absolute Gasteiger partial charge is 0.222 e. The first-order chi connectivity index (χ1) is 9.01. The molecule has 2 rings (SSSR count). The van der Waals surface area contributed by atoms with Gasteiger partial charge < -0.3 is 4.74 Å². The molecule has 1 fully saturated rings. The van der Waals surface area contributed by atoms with Crippen molar-refractivity contribution in [3.05, 3.63) is 30.3 Å². The molecule has 1 aromatic carbocycles. The molecule has 0 amide bonds. The van der Waals surface area contributed by atoms with Crippen molar-refractivity contribution in [1.82, 2.24) is 5.32 Å². The fourth-order valence-electron chi connectivity index (χ4n) is 2.04. The number of carbonyl (C=O) groups excluding carboxylic acids is 1. The van der Waals surface area contributed by atoms with Crippen LogP contribution in [0.15, 0.2) is 35.2 Å². The van der Waals surface area contributed by atoms with E-state index in [0.29, 0.717) is 6.42 Å². The second-order valence-corrected chi connectivity index (χ2v) is 6.51. The highest BCUT2D eigenvalue weighted by Gasteiger charge is 2.35. The first-order valence-corrected chi connectivity index (χ1v) is 7.74. The monoisotopic (exact) mass is 283 g/mol. The quantitative estimate of drug-likeness (QED) is 0.876. The largest absolute Gasteiger partial charge is 0.336 e. The van der Waals surface area contributed by atoms with E-state index in [-0.39, 0.29) is 11.1 Å². The number of ether oxygens (including phenoxy) is 1. The molecule has 1 aliphatic heterocycles. The van der Waals surface area contributed by atoms with Crippen LogP contribution in [-0.4, -0.2) is 32.4 Å². The Bertz CT molecular complexity index is 535. The van der Waals surface area contributed by atoms with E-state index in [2.05, 4.69) is 5.32 Å². The first kappa shape index (κ1) is 14.2. The molecule has 6 heteroatoms. The van der Waals surface area contributed by atoms with Crippen molar-refractivity contribution < 1.29 is 17.9 Å². The van der Waals surface area contributed by atoms with Gasteiger partial charge in [0.25, 0.3) is 0 Å². The second kappa shape index (κ2) is 5.81. The fourth-order valence-corrected chi connectivity index (χ4v) is 3.54. The van der Waals surface area contributed by atoms with Crippen LogP contribution in [0.2, 0.25) is 0 Å². The molecule has 1 saturated heterocycles. The number of sulfone groups is 1. The van der Waals surface area contributed by atoms with Crippen molar-refractivity contribution in [1.29, 1.82) is 0 Å². The SMILES string of the molecule is CC(=O)C(OC1CCCN1)S(=O)(=O)c1ccccc1. The summed E-state index contributed by atoms with van der Waals surface area (Å²) in [6.07, 6.45) is 1.27. The minimum absolute atomic E-state index is 0.105. The maximum atomic E-state index is 12.4. The number of carbonyl (C=O) groups is 1. The molecule has 1 aliphatic rings. The van der Waals surface area contributed by atoms with Gasteiger partial charge in [0.1, 0.15) is 6.23 Å². The molecule has 19 heavy (non-hydrogen) atoms. The molecule has 0 saturated carbocycles. The van der Waals surface area contributed by atoms with Gasteiger partial charge >= 0.3 is 0 Å². The lowest BCUT2D eigenvalue weighted by Crippen LogP contribution is -2.38. The number of hydrogen-bond acceptors (Lipinski definition) is 5. The highest BCUT2D eigenvalue weighted by molar-refractivity contribution is 7.92. The molecule has 5 nitrogen and oxygen atoms in total. The topological polar surface area (TPSA) is 72.5 Å². The third-order valence-electron chi connectivity index (χ3n) is 2.99. The van der Waals surface area contributed by atoms with Gasteiger partial charge in [-0.15, -0.1) is 0 Å². The minimum atomic E-state index is -3.80. The van der Waals surface area contributed by atoms with Gasteiger partial charge in [-0.25, -0.2) is 8.42 Å². The summed E-state index contributed by atoms with van der Waals surface area (Å²) in [4.78, 5) is 11.7. The Morgan fingerprint density at radius 3 is 2.58 bits per heavy atom. The van der Waals surface area contributed by atoms with Crippen molar-refractivity contribution in [2.75, 3.05) is 6.54 Å². The number of benzene rings is 1. The van der Waals surface area contributed by atoms with E-state index in [9.17, 15) is 13.2 Å². The van der Waals surface area contributed by atoms with Crippen LogP contribution in [0.3, 0.4) is 0 Å². The van der Waals surface area contributed by atoms with Gasteiger partial charge in [-0.3, -0.25) is 10.1 Å². The Kier molecular flexibility index (Phi) is 4.34. The molecule has 1 N–H and O–H groups in total. The summed E-state index contributed by atoms with van der Waals surface area (Å²) in [7, 11) is -3.80. The first-order valence-electron chi connectivity index (χ1n) is 6.20. The Labute approximate surface area is 112 Å². The lowest BCUT2D eigenvalue weighted by molar-refractivity contribution is -0.126. The van der Waals surface area contributed by atoms with E-state index in [0.717, 1.165) is 13.0 Å². The average molecular weight is 283 g/mol. The maximum Gasteiger partial charge on any atom is 0.222 e. The van der Waals surface area contributed by atoms with Crippen LogP contribution in [0.25, 0.3) is 0 Å². The highest BCUT2D eigenvalue weighted by atomic mass is 32.2. The molecule has 2 atom stereocenters. The molecule has 1 aromatic rings. The summed E-state index contributed by atoms with van der Waals surface area (Å²) < 4.78 is 30.2. The van der Waals surface area contributed by atoms with Crippen molar-refractivity contribution >= 4 is 15.6 Å². The van der Waals surface area contributed by atoms with E-state index < -0.39 is 21.1 Å². The predicted molar refractivity (Wildman–Crippen MR) is 70.2 cm³/mol. The van der Waals surface area contributed by atoms with Gasteiger partial charge in [0.2, 0.25) is 15.3 Å². The Balaban J connectivity index is 2.25. The molecule has 0 aromatic heterocycles. The van der Waals surface area contributed by atoms with Crippen LogP contribution in [-0.2, 0) is 19.4 Å². The zero-order chi connectivity index (χ0) is 13.9. The standard InChI is InChI=1S/C13H17NO4S/c1-10(15)13(18-12-8-5-9-14-12)19(16,17)11-6-3-2-4-7-11/h2-4,6-7,12-14H,5,8-9H2,1H3. The molecule has 104 valence electrons. The zero-order valence-electron chi connectivity index (χ0n) is 10.7. The van der Waals surface area contributed by atoms with Crippen molar-refractivity contribution in [2.45, 2.75) is 36.3 Å². The predicted octanol–water partition coefficient (Wildman–Crippen LogP) is 1.10. The summed E-state index contributed by atoms with van der Waals surface area (Å²) in [5.41, 5.74) is -1.44. The van der Waals surface area contributed by atoms with Crippen LogP contribution in [0.4, 0.5) is 0 Å². The van der Waals surface area contributed by atoms with Gasteiger partial charge in [0.15, 0.2) is 5.78 Å². The summed E-state index contributed by atoms with van der Waals surface area (Å²) in [5, 5.41) is 3.03. The fraction of sp³-hybridized carbons (Fsp3) is 0.462. The van der Waals surface area contributed by atoms with Crippen LogP contribution in [0.5, 0.6) is 0 Å². The third-order valence-corrected chi connectivity index (χ3v) is 4.92. The zero-order valence-corrected chi connectivity index (χ0v) is 11.5. The van der Waals surface area contributed by atoms with Crippen LogP contribution < -0.4 is 5.32 Å². The number of hydrogen-bond donors (Lipinski definition) is 1. The van der Waals surface area contributed by atoms with Gasteiger partial charge in [0.05, 0.1) is 4.90 Å². The van der Waals surface area contributed by atoms with Gasteiger partial charge in [-0.1, -0.05) is 18.2 Å². The van der Waals surface area contributed by atoms with Crippen LogP contribution in [0, 0.1) is 0 Å². The van der Waals surface area contributed by atoms with Crippen molar-refractivity contribution in [3.8, 4) is 0 Å². The third kappa shape index (κ3) is 3.20. The number of nitrogens with one attached hydrogen (secondary N) is 1. The van der Waals surface area contributed by atoms with E-state index in [1.165, 1.54) is 19.1 Å². The molecule has 0 aliphatic carbocycles. The van der Waals surface area contributed by atoms with Gasteiger partial charge in [0, 0.05) is 0 Å². The maximum absolute atomic E-state index is 12.4. The van der Waals surface area contributed by atoms with Crippen molar-refractivity contribution in [3.63, 3.8) is 0 Å². The summed E-state index contributed by atoms with van der Waals surface area (Å²) in [6.45, 7) is 2.01. The van der Waals surface area contributed by atoms with E-state index in [4.69, 9.17) is 4.74 Å². The number of Topliss-reactive ketones (excluding diaryl/α,β-unsaturated/α-hetero) is 1. The normalized spacial score (nSPS) is 21.2. The Morgan fingerprint density at radius 1 is 1.37 bits per heavy atom. The minimum Gasteiger partial charge on any atom is -0.336 e. The molecular formula is C13H17NO4S. The summed E-state index contributed by atoms with van der Waals surface area (Å²) >= 11 is 0. The Hall–Kier alpha value is -1.24. The summed E-state index contributed by atoms with van der Waals surface area (Å²) in [5.74, 6) is -0.502. The average Bonchev–Trinajstić information content (AvgIpc) is 2.89. The van der Waals surface area contributed by atoms with E-state index in [1.54, 1.807) is 18.2 Å². The lowest BCUT2D eigenvalue weighted by Gasteiger charge is -2.20. The number of rotatable bonds is 5. The van der Waals surface area contributed by atoms with Crippen LogP contribution >= 0.6 is 0 Å². The molecule has 0 spiro atoms. The molecule has 2 unspecified atom stereocenters. The molecular weight excluding hydrogens is 266 g/mol. The van der Waals surface area contributed by atoms with Gasteiger partial charge in [-0.05, 0) is 38.4 Å². The lowest BCUT2D eigenvalue weighted by atomic mass is 10.3. The van der Waals surface area contributed by atoms with E-state index >= 15 is 0 Å². The highest BCUT2D eigenvalue weighted by Crippen LogP contribution is 2.20. The molecule has 1 heterocycles. The molecule has 0 radical (unpaired) electrons.